The zero-order chi connectivity index (χ0) is 15.1. The van der Waals surface area contributed by atoms with Crippen LogP contribution in [0, 0.1) is 11.8 Å². The van der Waals surface area contributed by atoms with Crippen molar-refractivity contribution in [2.45, 2.75) is 45.6 Å². The third-order valence-corrected chi connectivity index (χ3v) is 4.76. The second-order valence-electron chi connectivity index (χ2n) is 6.21. The molecule has 1 aromatic rings. The minimum atomic E-state index is 0.690. The first-order valence-electron chi connectivity index (χ1n) is 8.21. The van der Waals surface area contributed by atoms with E-state index >= 15 is 0 Å². The van der Waals surface area contributed by atoms with Gasteiger partial charge in [-0.25, -0.2) is 0 Å². The maximum Gasteiger partial charge on any atom is 0.119 e. The first kappa shape index (κ1) is 16.2. The SMILES string of the molecule is COc1ccc(OCCCN[C@H]2CCC[C@H](C)[C@@H]2C)cc1. The number of rotatable bonds is 7. The lowest BCUT2D eigenvalue weighted by Crippen LogP contribution is -2.41. The summed E-state index contributed by atoms with van der Waals surface area (Å²) in [5.74, 6) is 3.42. The van der Waals surface area contributed by atoms with Crippen molar-refractivity contribution in [2.75, 3.05) is 20.3 Å². The number of ether oxygens (including phenoxy) is 2. The maximum atomic E-state index is 5.75. The van der Waals surface area contributed by atoms with Crippen LogP contribution in [0.1, 0.15) is 39.5 Å². The van der Waals surface area contributed by atoms with Crippen LogP contribution in [0.25, 0.3) is 0 Å². The molecule has 21 heavy (non-hydrogen) atoms. The van der Waals surface area contributed by atoms with Gasteiger partial charge in [-0.05, 0) is 55.5 Å². The highest BCUT2D eigenvalue weighted by Gasteiger charge is 2.26. The highest BCUT2D eigenvalue weighted by Crippen LogP contribution is 2.29. The van der Waals surface area contributed by atoms with E-state index in [1.807, 2.05) is 24.3 Å². The zero-order valence-corrected chi connectivity index (χ0v) is 13.6. The summed E-state index contributed by atoms with van der Waals surface area (Å²) in [5, 5.41) is 3.71. The smallest absolute Gasteiger partial charge is 0.119 e. The zero-order valence-electron chi connectivity index (χ0n) is 13.6. The largest absolute Gasteiger partial charge is 0.497 e. The first-order chi connectivity index (χ1) is 10.2. The molecule has 0 radical (unpaired) electrons. The molecule has 0 bridgehead atoms. The highest BCUT2D eigenvalue weighted by atomic mass is 16.5. The molecule has 2 rings (SSSR count). The van der Waals surface area contributed by atoms with Crippen LogP contribution in [-0.4, -0.2) is 26.3 Å². The van der Waals surface area contributed by atoms with Gasteiger partial charge in [-0.15, -0.1) is 0 Å². The van der Waals surface area contributed by atoms with Crippen molar-refractivity contribution >= 4 is 0 Å². The molecule has 0 aromatic heterocycles. The molecule has 3 atom stereocenters. The normalized spacial score (nSPS) is 25.6. The van der Waals surface area contributed by atoms with E-state index in [0.717, 1.165) is 42.9 Å². The van der Waals surface area contributed by atoms with E-state index in [-0.39, 0.29) is 0 Å². The van der Waals surface area contributed by atoms with Crippen LogP contribution in [0.2, 0.25) is 0 Å². The van der Waals surface area contributed by atoms with Gasteiger partial charge in [0, 0.05) is 6.04 Å². The summed E-state index contributed by atoms with van der Waals surface area (Å²) in [5.41, 5.74) is 0. The summed E-state index contributed by atoms with van der Waals surface area (Å²) in [6, 6.07) is 8.46. The minimum absolute atomic E-state index is 0.690. The predicted octanol–water partition coefficient (Wildman–Crippen LogP) is 3.88. The summed E-state index contributed by atoms with van der Waals surface area (Å²) < 4.78 is 10.9. The van der Waals surface area contributed by atoms with E-state index in [1.54, 1.807) is 7.11 Å². The molecule has 0 heterocycles. The fourth-order valence-corrected chi connectivity index (χ4v) is 3.09. The van der Waals surface area contributed by atoms with Gasteiger partial charge in [0.15, 0.2) is 0 Å². The lowest BCUT2D eigenvalue weighted by Gasteiger charge is -2.34. The van der Waals surface area contributed by atoms with E-state index in [0.29, 0.717) is 6.04 Å². The van der Waals surface area contributed by atoms with Gasteiger partial charge in [0.25, 0.3) is 0 Å². The number of hydrogen-bond donors (Lipinski definition) is 1. The van der Waals surface area contributed by atoms with Gasteiger partial charge in [-0.1, -0.05) is 26.7 Å². The molecule has 3 heteroatoms. The molecule has 0 saturated heterocycles. The summed E-state index contributed by atoms with van der Waals surface area (Å²) in [4.78, 5) is 0. The van der Waals surface area contributed by atoms with Crippen LogP contribution in [0.4, 0.5) is 0 Å². The Morgan fingerprint density at radius 2 is 1.81 bits per heavy atom. The Kier molecular flexibility index (Phi) is 6.37. The molecule has 0 amide bonds. The van der Waals surface area contributed by atoms with Crippen molar-refractivity contribution < 1.29 is 9.47 Å². The minimum Gasteiger partial charge on any atom is -0.497 e. The lowest BCUT2D eigenvalue weighted by atomic mass is 9.78. The van der Waals surface area contributed by atoms with Gasteiger partial charge in [0.05, 0.1) is 13.7 Å². The van der Waals surface area contributed by atoms with Crippen LogP contribution >= 0.6 is 0 Å². The Morgan fingerprint density at radius 1 is 1.10 bits per heavy atom. The molecule has 0 aliphatic heterocycles. The summed E-state index contributed by atoms with van der Waals surface area (Å²) in [6.45, 7) is 6.56. The molecule has 1 aliphatic rings. The van der Waals surface area contributed by atoms with E-state index in [4.69, 9.17) is 9.47 Å². The number of hydrogen-bond acceptors (Lipinski definition) is 3. The van der Waals surface area contributed by atoms with Gasteiger partial charge in [0.1, 0.15) is 11.5 Å². The molecule has 1 aliphatic carbocycles. The summed E-state index contributed by atoms with van der Waals surface area (Å²) >= 11 is 0. The average Bonchev–Trinajstić information content (AvgIpc) is 2.51. The number of methoxy groups -OCH3 is 1. The molecule has 118 valence electrons. The number of nitrogens with one attached hydrogen (secondary N) is 1. The van der Waals surface area contributed by atoms with Crippen molar-refractivity contribution in [1.29, 1.82) is 0 Å². The predicted molar refractivity (Wildman–Crippen MR) is 87.1 cm³/mol. The van der Waals surface area contributed by atoms with Crippen LogP contribution in [0.15, 0.2) is 24.3 Å². The molecule has 0 spiro atoms. The van der Waals surface area contributed by atoms with Crippen molar-refractivity contribution in [1.82, 2.24) is 5.32 Å². The average molecular weight is 291 g/mol. The standard InChI is InChI=1S/C18H29NO2/c1-14-6-4-7-18(15(14)2)19-12-5-13-21-17-10-8-16(20-3)9-11-17/h8-11,14-15,18-19H,4-7,12-13H2,1-3H3/t14-,15-,18-/m0/s1. The van der Waals surface area contributed by atoms with Crippen molar-refractivity contribution in [3.63, 3.8) is 0 Å². The third-order valence-electron chi connectivity index (χ3n) is 4.76. The van der Waals surface area contributed by atoms with E-state index in [9.17, 15) is 0 Å². The Labute approximate surface area is 129 Å². The second kappa shape index (κ2) is 8.28. The van der Waals surface area contributed by atoms with Gasteiger partial charge in [-0.2, -0.15) is 0 Å². The number of benzene rings is 1. The van der Waals surface area contributed by atoms with Gasteiger partial charge in [-0.3, -0.25) is 0 Å². The molecule has 1 fully saturated rings. The second-order valence-corrected chi connectivity index (χ2v) is 6.21. The van der Waals surface area contributed by atoms with Crippen LogP contribution in [0.3, 0.4) is 0 Å². The lowest BCUT2D eigenvalue weighted by molar-refractivity contribution is 0.203. The third kappa shape index (κ3) is 4.92. The fourth-order valence-electron chi connectivity index (χ4n) is 3.09. The molecular weight excluding hydrogens is 262 g/mol. The molecule has 1 aromatic carbocycles. The molecule has 0 unspecified atom stereocenters. The molecule has 1 N–H and O–H groups in total. The Bertz CT molecular complexity index is 404. The maximum absolute atomic E-state index is 5.75. The Hall–Kier alpha value is -1.22. The molecule has 1 saturated carbocycles. The van der Waals surface area contributed by atoms with Crippen LogP contribution in [0.5, 0.6) is 11.5 Å². The van der Waals surface area contributed by atoms with Crippen LogP contribution < -0.4 is 14.8 Å². The van der Waals surface area contributed by atoms with E-state index in [1.165, 1.54) is 19.3 Å². The Balaban J connectivity index is 1.61. The summed E-state index contributed by atoms with van der Waals surface area (Å²) in [6.07, 6.45) is 5.12. The van der Waals surface area contributed by atoms with Gasteiger partial charge >= 0.3 is 0 Å². The highest BCUT2D eigenvalue weighted by molar-refractivity contribution is 5.31. The molecular formula is C18H29NO2. The van der Waals surface area contributed by atoms with Crippen molar-refractivity contribution in [3.8, 4) is 11.5 Å². The van der Waals surface area contributed by atoms with Crippen molar-refractivity contribution in [2.24, 2.45) is 11.8 Å². The van der Waals surface area contributed by atoms with E-state index in [2.05, 4.69) is 19.2 Å². The fraction of sp³-hybridized carbons (Fsp3) is 0.667. The van der Waals surface area contributed by atoms with Crippen LogP contribution in [-0.2, 0) is 0 Å². The first-order valence-corrected chi connectivity index (χ1v) is 8.21. The summed E-state index contributed by atoms with van der Waals surface area (Å²) in [7, 11) is 1.68. The quantitative estimate of drug-likeness (QED) is 0.773. The topological polar surface area (TPSA) is 30.5 Å². The molecule has 3 nitrogen and oxygen atoms in total. The Morgan fingerprint density at radius 3 is 2.52 bits per heavy atom. The van der Waals surface area contributed by atoms with Gasteiger partial charge in [0.2, 0.25) is 0 Å². The van der Waals surface area contributed by atoms with E-state index < -0.39 is 0 Å². The van der Waals surface area contributed by atoms with Crippen molar-refractivity contribution in [3.05, 3.63) is 24.3 Å². The van der Waals surface area contributed by atoms with Gasteiger partial charge < -0.3 is 14.8 Å². The monoisotopic (exact) mass is 291 g/mol.